The molecule has 1 N–H and O–H groups in total. The highest BCUT2D eigenvalue weighted by Gasteiger charge is 2.27. The van der Waals surface area contributed by atoms with Crippen LogP contribution in [0, 0.1) is 6.92 Å². The Morgan fingerprint density at radius 1 is 0.884 bits per heavy atom. The third kappa shape index (κ3) is 13.6. The molecular weight excluding hydrogens is 585 g/mol. The first kappa shape index (κ1) is 35.3. The molecule has 240 valence electrons. The number of methoxy groups -OCH3 is 1. The van der Waals surface area contributed by atoms with Gasteiger partial charge in [0.2, 0.25) is 0 Å². The van der Waals surface area contributed by atoms with E-state index in [9.17, 15) is 9.46 Å². The number of para-hydroxylation sites is 1. The van der Waals surface area contributed by atoms with Crippen LogP contribution < -0.4 is 14.0 Å². The van der Waals surface area contributed by atoms with Gasteiger partial charge in [-0.3, -0.25) is 9.42 Å². The van der Waals surface area contributed by atoms with Gasteiger partial charge in [0, 0.05) is 31.0 Å². The lowest BCUT2D eigenvalue weighted by Crippen LogP contribution is -2.26. The first-order valence-corrected chi connectivity index (χ1v) is 18.1. The molecule has 0 bridgehead atoms. The first-order valence-electron chi connectivity index (χ1n) is 15.6. The van der Waals surface area contributed by atoms with Gasteiger partial charge < -0.3 is 23.6 Å². The Balaban J connectivity index is 1.38. The topological polar surface area (TPSA) is 86.7 Å². The highest BCUT2D eigenvalue weighted by molar-refractivity contribution is 8.02. The monoisotopic (exact) mass is 635 g/mol. The van der Waals surface area contributed by atoms with Gasteiger partial charge in [0.15, 0.2) is 0 Å². The molecule has 10 heteroatoms. The van der Waals surface area contributed by atoms with Crippen molar-refractivity contribution in [3.8, 4) is 17.2 Å². The molecule has 1 aliphatic heterocycles. The van der Waals surface area contributed by atoms with Crippen LogP contribution in [0.1, 0.15) is 82.3 Å². The molecule has 0 radical (unpaired) electrons. The number of nitrogens with zero attached hydrogens (tertiary/aromatic N) is 1. The molecule has 1 heterocycles. The van der Waals surface area contributed by atoms with Crippen molar-refractivity contribution in [2.45, 2.75) is 90.7 Å². The van der Waals surface area contributed by atoms with Crippen LogP contribution in [0.2, 0.25) is 0 Å². The average Bonchev–Trinajstić information content (AvgIpc) is 3.51. The minimum absolute atomic E-state index is 0.134. The largest absolute Gasteiger partial charge is 0.527 e. The molecule has 0 spiro atoms. The fourth-order valence-electron chi connectivity index (χ4n) is 4.73. The van der Waals surface area contributed by atoms with Crippen LogP contribution in [0.4, 0.5) is 0 Å². The van der Waals surface area contributed by atoms with E-state index >= 15 is 0 Å². The number of unbranched alkanes of at least 4 members (excludes halogenated alkanes) is 9. The van der Waals surface area contributed by atoms with E-state index in [1.165, 1.54) is 64.9 Å². The Hall–Kier alpha value is -2.16. The van der Waals surface area contributed by atoms with Crippen molar-refractivity contribution >= 4 is 19.6 Å². The third-order valence-electron chi connectivity index (χ3n) is 7.34. The third-order valence-corrected chi connectivity index (χ3v) is 9.04. The molecule has 43 heavy (non-hydrogen) atoms. The van der Waals surface area contributed by atoms with Crippen molar-refractivity contribution < 1.29 is 32.7 Å². The van der Waals surface area contributed by atoms with Gasteiger partial charge in [-0.15, -0.1) is 11.8 Å². The zero-order valence-corrected chi connectivity index (χ0v) is 27.8. The number of ether oxygens (including phenoxy) is 3. The fourth-order valence-corrected chi connectivity index (χ4v) is 6.27. The van der Waals surface area contributed by atoms with E-state index in [2.05, 4.69) is 11.8 Å². The minimum atomic E-state index is -4.39. The lowest BCUT2D eigenvalue weighted by molar-refractivity contribution is 0.0158. The van der Waals surface area contributed by atoms with Crippen LogP contribution in [0.25, 0.3) is 0 Å². The molecule has 0 saturated carbocycles. The van der Waals surface area contributed by atoms with Gasteiger partial charge in [-0.2, -0.15) is 0 Å². The molecule has 2 aromatic carbocycles. The Morgan fingerprint density at radius 3 is 2.21 bits per heavy atom. The van der Waals surface area contributed by atoms with Gasteiger partial charge in [-0.05, 0) is 37.0 Å². The number of phosphoric ester groups is 1. The molecule has 0 amide bonds. The van der Waals surface area contributed by atoms with E-state index in [1.807, 2.05) is 48.9 Å². The molecule has 0 saturated heterocycles. The predicted molar refractivity (Wildman–Crippen MR) is 175 cm³/mol. The Bertz CT molecular complexity index is 1150. The Morgan fingerprint density at radius 2 is 1.53 bits per heavy atom. The standard InChI is InChI=1S/C33H50NO7PS/c1-4-5-6-7-8-9-10-11-12-15-22-38-31-19-16-20-32(28(31)2)39-25-30(37-3)26-40-42(35,36)41-33-18-14-13-17-29(33)24-34-21-23-43-27-34/h13-14,16-21,23,30H,4-12,15,22,24-27H2,1-3H3,(H,35,36). The summed E-state index contributed by atoms with van der Waals surface area (Å²) >= 11 is 1.69. The van der Waals surface area contributed by atoms with Crippen molar-refractivity contribution in [1.29, 1.82) is 0 Å². The summed E-state index contributed by atoms with van der Waals surface area (Å²) in [7, 11) is -2.88. The summed E-state index contributed by atoms with van der Waals surface area (Å²) in [6, 6.07) is 12.9. The van der Waals surface area contributed by atoms with Crippen LogP contribution in [-0.4, -0.2) is 48.7 Å². The molecule has 0 aromatic heterocycles. The molecule has 0 aliphatic carbocycles. The van der Waals surface area contributed by atoms with E-state index in [0.717, 1.165) is 29.2 Å². The quantitative estimate of drug-likeness (QED) is 0.0950. The maximum atomic E-state index is 12.8. The number of hydrogen-bond acceptors (Lipinski definition) is 8. The highest BCUT2D eigenvalue weighted by atomic mass is 32.2. The smallest absolute Gasteiger partial charge is 0.493 e. The number of thioether (sulfide) groups is 1. The van der Waals surface area contributed by atoms with Crippen LogP contribution in [0.3, 0.4) is 0 Å². The van der Waals surface area contributed by atoms with Gasteiger partial charge in [-0.25, -0.2) is 4.57 Å². The summed E-state index contributed by atoms with van der Waals surface area (Å²) < 4.78 is 41.0. The predicted octanol–water partition coefficient (Wildman–Crippen LogP) is 8.86. The summed E-state index contributed by atoms with van der Waals surface area (Å²) in [6.07, 6.45) is 14.3. The molecular formula is C33H50NO7PS. The Labute approximate surface area is 262 Å². The van der Waals surface area contributed by atoms with Crippen molar-refractivity contribution in [2.75, 3.05) is 32.8 Å². The zero-order valence-electron chi connectivity index (χ0n) is 26.1. The molecule has 1 aliphatic rings. The summed E-state index contributed by atoms with van der Waals surface area (Å²) in [5.41, 5.74) is 1.70. The summed E-state index contributed by atoms with van der Waals surface area (Å²) in [5.74, 6) is 2.61. The number of phosphoric acid groups is 1. The molecule has 2 unspecified atom stereocenters. The number of hydrogen-bond donors (Lipinski definition) is 1. The second kappa shape index (κ2) is 20.0. The van der Waals surface area contributed by atoms with Gasteiger partial charge in [-0.1, -0.05) is 89.0 Å². The lowest BCUT2D eigenvalue weighted by atomic mass is 10.1. The van der Waals surface area contributed by atoms with Crippen molar-refractivity contribution in [2.24, 2.45) is 0 Å². The maximum Gasteiger partial charge on any atom is 0.527 e. The number of rotatable bonds is 23. The van der Waals surface area contributed by atoms with E-state index < -0.39 is 13.9 Å². The second-order valence-corrected chi connectivity index (χ2v) is 13.1. The van der Waals surface area contributed by atoms with E-state index in [-0.39, 0.29) is 13.2 Å². The molecule has 2 atom stereocenters. The zero-order chi connectivity index (χ0) is 30.8. The summed E-state index contributed by atoms with van der Waals surface area (Å²) in [5, 5.41) is 2.01. The lowest BCUT2D eigenvalue weighted by Gasteiger charge is -2.21. The van der Waals surface area contributed by atoms with Gasteiger partial charge in [0.25, 0.3) is 0 Å². The molecule has 0 fully saturated rings. The fraction of sp³-hybridized carbons (Fsp3) is 0.576. The van der Waals surface area contributed by atoms with E-state index in [0.29, 0.717) is 24.7 Å². The average molecular weight is 636 g/mol. The Kier molecular flexibility index (Phi) is 16.4. The highest BCUT2D eigenvalue weighted by Crippen LogP contribution is 2.45. The molecule has 2 aromatic rings. The SMILES string of the molecule is CCCCCCCCCCCCOc1cccc(OCC(COP(=O)(O)Oc2ccccc2CN2C=CSC2)OC)c1C. The molecule has 3 rings (SSSR count). The first-order chi connectivity index (χ1) is 20.9. The van der Waals surface area contributed by atoms with Crippen LogP contribution >= 0.6 is 19.6 Å². The van der Waals surface area contributed by atoms with Gasteiger partial charge in [0.05, 0.1) is 19.1 Å². The van der Waals surface area contributed by atoms with Crippen molar-refractivity contribution in [3.63, 3.8) is 0 Å². The molecule has 8 nitrogen and oxygen atoms in total. The van der Waals surface area contributed by atoms with Gasteiger partial charge in [0.1, 0.15) is 30.0 Å². The summed E-state index contributed by atoms with van der Waals surface area (Å²) in [4.78, 5) is 12.5. The van der Waals surface area contributed by atoms with Gasteiger partial charge >= 0.3 is 7.82 Å². The van der Waals surface area contributed by atoms with Crippen LogP contribution in [0.15, 0.2) is 54.1 Å². The van der Waals surface area contributed by atoms with E-state index in [4.69, 9.17) is 23.3 Å². The van der Waals surface area contributed by atoms with Crippen molar-refractivity contribution in [1.82, 2.24) is 4.90 Å². The minimum Gasteiger partial charge on any atom is -0.493 e. The second-order valence-electron chi connectivity index (χ2n) is 10.9. The normalized spacial score (nSPS) is 14.9. The van der Waals surface area contributed by atoms with Crippen LogP contribution in [0.5, 0.6) is 17.2 Å². The van der Waals surface area contributed by atoms with Crippen molar-refractivity contribution in [3.05, 3.63) is 65.2 Å². The summed E-state index contributed by atoms with van der Waals surface area (Å²) in [6.45, 7) is 5.42. The number of benzene rings is 2. The van der Waals surface area contributed by atoms with E-state index in [1.54, 1.807) is 23.9 Å². The maximum absolute atomic E-state index is 12.8. The van der Waals surface area contributed by atoms with Crippen LogP contribution in [-0.2, 0) is 20.4 Å².